The molecule has 110 valence electrons. The van der Waals surface area contributed by atoms with Gasteiger partial charge in [0, 0.05) is 17.5 Å². The summed E-state index contributed by atoms with van der Waals surface area (Å²) < 4.78 is 0. The molecule has 1 heterocycles. The first-order valence-corrected chi connectivity index (χ1v) is 7.75. The largest absolute Gasteiger partial charge is 0.481 e. The Bertz CT molecular complexity index is 457. The number of carbonyl (C=O) groups excluding carboxylic acids is 1. The summed E-state index contributed by atoms with van der Waals surface area (Å²) in [4.78, 5) is 25.9. The van der Waals surface area contributed by atoms with Gasteiger partial charge in [0.1, 0.15) is 0 Å². The van der Waals surface area contributed by atoms with E-state index in [1.807, 2.05) is 22.4 Å². The Morgan fingerprint density at radius 1 is 1.55 bits per heavy atom. The van der Waals surface area contributed by atoms with Crippen molar-refractivity contribution in [1.29, 1.82) is 0 Å². The molecule has 6 heteroatoms. The molecule has 5 nitrogen and oxygen atoms in total. The van der Waals surface area contributed by atoms with E-state index in [1.54, 1.807) is 18.3 Å². The third-order valence-electron chi connectivity index (χ3n) is 3.43. The Morgan fingerprint density at radius 2 is 2.30 bits per heavy atom. The fraction of sp³-hybridized carbons (Fsp3) is 0.571. The number of nitrogens with zero attached hydrogens (tertiary/aromatic N) is 1. The van der Waals surface area contributed by atoms with Gasteiger partial charge in [0.2, 0.25) is 0 Å². The van der Waals surface area contributed by atoms with Gasteiger partial charge in [-0.15, -0.1) is 11.3 Å². The quantitative estimate of drug-likeness (QED) is 0.812. The normalized spacial score (nSPS) is 15.7. The highest BCUT2D eigenvalue weighted by Gasteiger charge is 2.32. The van der Waals surface area contributed by atoms with Crippen molar-refractivity contribution < 1.29 is 14.7 Å². The molecule has 0 saturated heterocycles. The molecular formula is C14H20N2O3S. The molecule has 0 aliphatic heterocycles. The molecule has 1 atom stereocenters. The summed E-state index contributed by atoms with van der Waals surface area (Å²) in [5.74, 6) is -1.25. The predicted molar refractivity (Wildman–Crippen MR) is 77.7 cm³/mol. The monoisotopic (exact) mass is 296 g/mol. The lowest BCUT2D eigenvalue weighted by atomic mass is 10.1. The first-order chi connectivity index (χ1) is 9.58. The maximum atomic E-state index is 12.2. The van der Waals surface area contributed by atoms with Gasteiger partial charge in [-0.05, 0) is 30.7 Å². The van der Waals surface area contributed by atoms with Gasteiger partial charge in [-0.25, -0.2) is 4.79 Å². The van der Waals surface area contributed by atoms with Gasteiger partial charge in [0.15, 0.2) is 0 Å². The van der Waals surface area contributed by atoms with Crippen molar-refractivity contribution in [2.24, 2.45) is 5.92 Å². The molecule has 1 aliphatic rings. The Kier molecular flexibility index (Phi) is 5.00. The van der Waals surface area contributed by atoms with Gasteiger partial charge in [-0.2, -0.15) is 0 Å². The Labute approximate surface area is 122 Å². The third-order valence-corrected chi connectivity index (χ3v) is 4.29. The molecule has 0 spiro atoms. The second-order valence-electron chi connectivity index (χ2n) is 5.20. The lowest BCUT2D eigenvalue weighted by Crippen LogP contribution is -2.41. The van der Waals surface area contributed by atoms with Gasteiger partial charge in [-0.1, -0.05) is 13.0 Å². The lowest BCUT2D eigenvalue weighted by Gasteiger charge is -2.22. The summed E-state index contributed by atoms with van der Waals surface area (Å²) in [7, 11) is 0. The number of carboxylic acid groups (broad SMARTS) is 1. The van der Waals surface area contributed by atoms with Gasteiger partial charge >= 0.3 is 12.0 Å². The van der Waals surface area contributed by atoms with E-state index in [4.69, 9.17) is 5.11 Å². The minimum atomic E-state index is -0.822. The number of urea groups is 1. The van der Waals surface area contributed by atoms with Crippen molar-refractivity contribution in [2.75, 3.05) is 6.54 Å². The maximum Gasteiger partial charge on any atom is 0.317 e. The van der Waals surface area contributed by atoms with E-state index < -0.39 is 11.9 Å². The van der Waals surface area contributed by atoms with Crippen LogP contribution in [0.4, 0.5) is 4.79 Å². The molecule has 1 fully saturated rings. The van der Waals surface area contributed by atoms with Crippen LogP contribution in [0.25, 0.3) is 0 Å². The van der Waals surface area contributed by atoms with Crippen molar-refractivity contribution >= 4 is 23.3 Å². The van der Waals surface area contributed by atoms with Gasteiger partial charge in [0.05, 0.1) is 12.5 Å². The summed E-state index contributed by atoms with van der Waals surface area (Å²) in [6.45, 7) is 2.70. The highest BCUT2D eigenvalue weighted by molar-refractivity contribution is 7.09. The molecule has 2 N–H and O–H groups in total. The highest BCUT2D eigenvalue weighted by Crippen LogP contribution is 2.29. The highest BCUT2D eigenvalue weighted by atomic mass is 32.1. The van der Waals surface area contributed by atoms with Crippen molar-refractivity contribution in [3.8, 4) is 0 Å². The van der Waals surface area contributed by atoms with Gasteiger partial charge < -0.3 is 15.3 Å². The summed E-state index contributed by atoms with van der Waals surface area (Å²) in [5, 5.41) is 13.6. The second-order valence-corrected chi connectivity index (χ2v) is 6.23. The van der Waals surface area contributed by atoms with E-state index in [9.17, 15) is 9.59 Å². The Hall–Kier alpha value is -1.56. The molecule has 20 heavy (non-hydrogen) atoms. The first-order valence-electron chi connectivity index (χ1n) is 6.87. The van der Waals surface area contributed by atoms with Crippen molar-refractivity contribution in [2.45, 2.75) is 38.8 Å². The zero-order valence-electron chi connectivity index (χ0n) is 11.5. The van der Waals surface area contributed by atoms with E-state index >= 15 is 0 Å². The molecule has 1 saturated carbocycles. The van der Waals surface area contributed by atoms with Gasteiger partial charge in [-0.3, -0.25) is 4.79 Å². The molecule has 0 bridgehead atoms. The molecule has 1 aromatic heterocycles. The maximum absolute atomic E-state index is 12.2. The smallest absolute Gasteiger partial charge is 0.317 e. The number of amides is 2. The van der Waals surface area contributed by atoms with E-state index in [0.29, 0.717) is 25.6 Å². The number of hydrogen-bond donors (Lipinski definition) is 2. The van der Waals surface area contributed by atoms with Crippen molar-refractivity contribution in [3.05, 3.63) is 22.4 Å². The predicted octanol–water partition coefficient (Wildman–Crippen LogP) is 2.53. The van der Waals surface area contributed by atoms with Crippen LogP contribution in [-0.2, 0) is 11.3 Å². The SMILES string of the molecule is CC(CCNC(=O)N(Cc1cccs1)C1CC1)C(=O)O. The van der Waals surface area contributed by atoms with Crippen LogP contribution in [0.2, 0.25) is 0 Å². The van der Waals surface area contributed by atoms with Crippen LogP contribution in [0.3, 0.4) is 0 Å². The van der Waals surface area contributed by atoms with Crippen LogP contribution in [0.15, 0.2) is 17.5 Å². The topological polar surface area (TPSA) is 69.6 Å². The molecule has 1 unspecified atom stereocenters. The fourth-order valence-electron chi connectivity index (χ4n) is 1.94. The van der Waals surface area contributed by atoms with Crippen LogP contribution < -0.4 is 5.32 Å². The fourth-order valence-corrected chi connectivity index (χ4v) is 2.65. The zero-order valence-corrected chi connectivity index (χ0v) is 12.4. The van der Waals surface area contributed by atoms with E-state index in [2.05, 4.69) is 5.32 Å². The Morgan fingerprint density at radius 3 is 2.85 bits per heavy atom. The van der Waals surface area contributed by atoms with E-state index in [1.165, 1.54) is 4.88 Å². The molecule has 2 rings (SSSR count). The molecule has 0 radical (unpaired) electrons. The number of thiophene rings is 1. The number of carboxylic acids is 1. The average Bonchev–Trinajstić information content (AvgIpc) is 3.12. The van der Waals surface area contributed by atoms with Crippen LogP contribution >= 0.6 is 11.3 Å². The second kappa shape index (κ2) is 6.74. The standard InChI is InChI=1S/C14H20N2O3S/c1-10(13(17)18)6-7-15-14(19)16(11-4-5-11)9-12-3-2-8-20-12/h2-3,8,10-11H,4-7,9H2,1H3,(H,15,19)(H,17,18). The van der Waals surface area contributed by atoms with E-state index in [-0.39, 0.29) is 6.03 Å². The minimum absolute atomic E-state index is 0.0847. The van der Waals surface area contributed by atoms with Crippen LogP contribution in [-0.4, -0.2) is 34.6 Å². The number of rotatable bonds is 7. The number of aliphatic carboxylic acids is 1. The lowest BCUT2D eigenvalue weighted by molar-refractivity contribution is -0.141. The van der Waals surface area contributed by atoms with Gasteiger partial charge in [0.25, 0.3) is 0 Å². The molecule has 2 amide bonds. The first kappa shape index (κ1) is 14.8. The number of nitrogens with one attached hydrogen (secondary N) is 1. The zero-order chi connectivity index (χ0) is 14.5. The number of carbonyl (C=O) groups is 2. The summed E-state index contributed by atoms with van der Waals surface area (Å²) in [5.41, 5.74) is 0. The average molecular weight is 296 g/mol. The van der Waals surface area contributed by atoms with Crippen LogP contribution in [0.1, 0.15) is 31.1 Å². The summed E-state index contributed by atoms with van der Waals surface area (Å²) in [6, 6.07) is 4.27. The Balaban J connectivity index is 1.80. The molecule has 1 aliphatic carbocycles. The summed E-state index contributed by atoms with van der Waals surface area (Å²) >= 11 is 1.65. The van der Waals surface area contributed by atoms with E-state index in [0.717, 1.165) is 12.8 Å². The molecule has 0 aromatic carbocycles. The van der Waals surface area contributed by atoms with Crippen LogP contribution in [0.5, 0.6) is 0 Å². The minimum Gasteiger partial charge on any atom is -0.481 e. The van der Waals surface area contributed by atoms with Crippen LogP contribution in [0, 0.1) is 5.92 Å². The van der Waals surface area contributed by atoms with Crippen molar-refractivity contribution in [1.82, 2.24) is 10.2 Å². The number of hydrogen-bond acceptors (Lipinski definition) is 3. The molecule has 1 aromatic rings. The third kappa shape index (κ3) is 4.23. The summed E-state index contributed by atoms with van der Waals surface area (Å²) in [6.07, 6.45) is 2.58. The molecular weight excluding hydrogens is 276 g/mol. The van der Waals surface area contributed by atoms with Crippen molar-refractivity contribution in [3.63, 3.8) is 0 Å².